The Bertz CT molecular complexity index is 529. The molecule has 0 saturated carbocycles. The number of aryl methyl sites for hydroxylation is 1. The Kier molecular flexibility index (Phi) is 5.10. The molecule has 1 saturated heterocycles. The zero-order valence-corrected chi connectivity index (χ0v) is 15.3. The van der Waals surface area contributed by atoms with Crippen LogP contribution in [0, 0.1) is 6.92 Å². The second-order valence-corrected chi connectivity index (χ2v) is 8.23. The molecule has 0 aliphatic carbocycles. The molecule has 0 radical (unpaired) electrons. The highest BCUT2D eigenvalue weighted by atomic mass is 32.2. The van der Waals surface area contributed by atoms with E-state index in [1.807, 2.05) is 48.4 Å². The summed E-state index contributed by atoms with van der Waals surface area (Å²) in [4.78, 5) is 14.3. The Balaban J connectivity index is 2.04. The molecule has 2 rings (SSSR count). The van der Waals surface area contributed by atoms with Gasteiger partial charge < -0.3 is 10.2 Å². The number of thioether (sulfide) groups is 1. The van der Waals surface area contributed by atoms with Gasteiger partial charge in [0.2, 0.25) is 0 Å². The van der Waals surface area contributed by atoms with Gasteiger partial charge in [-0.15, -0.1) is 0 Å². The third kappa shape index (κ3) is 3.77. The molecule has 0 bridgehead atoms. The first-order valence-electron chi connectivity index (χ1n) is 7.88. The van der Waals surface area contributed by atoms with Crippen LogP contribution in [0.15, 0.2) is 6.20 Å². The Hall–Kier alpha value is -1.17. The van der Waals surface area contributed by atoms with E-state index in [-0.39, 0.29) is 17.6 Å². The van der Waals surface area contributed by atoms with Crippen LogP contribution in [0.5, 0.6) is 0 Å². The molecule has 0 spiro atoms. The van der Waals surface area contributed by atoms with Gasteiger partial charge in [-0.3, -0.25) is 4.68 Å². The highest BCUT2D eigenvalue weighted by Crippen LogP contribution is 2.23. The summed E-state index contributed by atoms with van der Waals surface area (Å²) >= 11 is 1.92. The highest BCUT2D eigenvalue weighted by Gasteiger charge is 2.26. The zero-order valence-electron chi connectivity index (χ0n) is 14.5. The lowest BCUT2D eigenvalue weighted by Gasteiger charge is -2.26. The molecule has 1 N–H and O–H groups in total. The van der Waals surface area contributed by atoms with E-state index in [0.29, 0.717) is 6.04 Å². The molecular weight excluding hydrogens is 296 g/mol. The van der Waals surface area contributed by atoms with E-state index in [0.717, 1.165) is 29.2 Å². The fourth-order valence-corrected chi connectivity index (χ4v) is 3.87. The summed E-state index contributed by atoms with van der Waals surface area (Å²) in [5, 5.41) is 7.68. The van der Waals surface area contributed by atoms with Crippen molar-refractivity contribution < 1.29 is 4.79 Å². The number of hydrogen-bond donors (Lipinski definition) is 1. The van der Waals surface area contributed by atoms with Crippen LogP contribution in [-0.4, -0.2) is 45.3 Å². The SMILES string of the molecule is Cc1nn(C(C)(C)C)cc1[C@H](C)NC(=O)N(C)[C@@H]1CCSC1. The summed E-state index contributed by atoms with van der Waals surface area (Å²) in [6, 6.07) is 0.318. The third-order valence-electron chi connectivity index (χ3n) is 4.20. The van der Waals surface area contributed by atoms with Gasteiger partial charge in [0.05, 0.1) is 17.3 Å². The fourth-order valence-electron chi connectivity index (χ4n) is 2.60. The topological polar surface area (TPSA) is 50.2 Å². The molecular formula is C16H28N4OS. The van der Waals surface area contributed by atoms with Gasteiger partial charge in [-0.05, 0) is 46.8 Å². The first kappa shape index (κ1) is 17.2. The van der Waals surface area contributed by atoms with Crippen LogP contribution < -0.4 is 5.32 Å². The van der Waals surface area contributed by atoms with E-state index < -0.39 is 0 Å². The Labute approximate surface area is 137 Å². The smallest absolute Gasteiger partial charge is 0.317 e. The largest absolute Gasteiger partial charge is 0.331 e. The molecule has 2 amide bonds. The minimum atomic E-state index is -0.0510. The Morgan fingerprint density at radius 2 is 2.23 bits per heavy atom. The number of nitrogens with zero attached hydrogens (tertiary/aromatic N) is 3. The van der Waals surface area contributed by atoms with Gasteiger partial charge >= 0.3 is 6.03 Å². The Morgan fingerprint density at radius 1 is 1.55 bits per heavy atom. The summed E-state index contributed by atoms with van der Waals surface area (Å²) in [5.41, 5.74) is 2.00. The minimum Gasteiger partial charge on any atom is -0.331 e. The molecule has 2 atom stereocenters. The molecule has 6 heteroatoms. The number of carbonyl (C=O) groups is 1. The summed E-state index contributed by atoms with van der Waals surface area (Å²) in [6.07, 6.45) is 3.13. The van der Waals surface area contributed by atoms with E-state index >= 15 is 0 Å². The van der Waals surface area contributed by atoms with E-state index in [4.69, 9.17) is 0 Å². The molecule has 1 aromatic heterocycles. The van der Waals surface area contributed by atoms with Crippen LogP contribution in [0.2, 0.25) is 0 Å². The van der Waals surface area contributed by atoms with Crippen LogP contribution in [-0.2, 0) is 5.54 Å². The van der Waals surface area contributed by atoms with Gasteiger partial charge in [0.1, 0.15) is 0 Å². The zero-order chi connectivity index (χ0) is 16.5. The van der Waals surface area contributed by atoms with E-state index in [1.165, 1.54) is 0 Å². The van der Waals surface area contributed by atoms with Gasteiger partial charge in [0.25, 0.3) is 0 Å². The maximum absolute atomic E-state index is 12.4. The number of carbonyl (C=O) groups excluding carboxylic acids is 1. The number of aromatic nitrogens is 2. The normalized spacial score (nSPS) is 20.0. The van der Waals surface area contributed by atoms with Gasteiger partial charge in [0.15, 0.2) is 0 Å². The van der Waals surface area contributed by atoms with Crippen molar-refractivity contribution in [3.05, 3.63) is 17.5 Å². The lowest BCUT2D eigenvalue weighted by atomic mass is 10.1. The van der Waals surface area contributed by atoms with Gasteiger partial charge in [-0.1, -0.05) is 0 Å². The first-order valence-corrected chi connectivity index (χ1v) is 9.03. The molecule has 1 fully saturated rings. The van der Waals surface area contributed by atoms with E-state index in [2.05, 4.69) is 31.2 Å². The predicted molar refractivity (Wildman–Crippen MR) is 92.4 cm³/mol. The van der Waals surface area contributed by atoms with Crippen molar-refractivity contribution in [3.8, 4) is 0 Å². The number of amides is 2. The highest BCUT2D eigenvalue weighted by molar-refractivity contribution is 7.99. The van der Waals surface area contributed by atoms with Gasteiger partial charge in [-0.25, -0.2) is 4.79 Å². The quantitative estimate of drug-likeness (QED) is 0.929. The van der Waals surface area contributed by atoms with Crippen molar-refractivity contribution in [3.63, 3.8) is 0 Å². The van der Waals surface area contributed by atoms with E-state index in [9.17, 15) is 4.79 Å². The number of urea groups is 1. The van der Waals surface area contributed by atoms with Crippen LogP contribution in [0.25, 0.3) is 0 Å². The van der Waals surface area contributed by atoms with Gasteiger partial charge in [0, 0.05) is 30.6 Å². The molecule has 0 unspecified atom stereocenters. The Morgan fingerprint density at radius 3 is 2.73 bits per heavy atom. The number of rotatable bonds is 3. The number of hydrogen-bond acceptors (Lipinski definition) is 3. The molecule has 2 heterocycles. The molecule has 1 aliphatic heterocycles. The van der Waals surface area contributed by atoms with Gasteiger partial charge in [-0.2, -0.15) is 16.9 Å². The lowest BCUT2D eigenvalue weighted by molar-refractivity contribution is 0.192. The van der Waals surface area contributed by atoms with Crippen LogP contribution in [0.1, 0.15) is 51.4 Å². The summed E-state index contributed by atoms with van der Waals surface area (Å²) in [6.45, 7) is 10.4. The number of nitrogens with one attached hydrogen (secondary N) is 1. The van der Waals surface area contributed by atoms with Crippen molar-refractivity contribution >= 4 is 17.8 Å². The van der Waals surface area contributed by atoms with E-state index in [1.54, 1.807) is 0 Å². The van der Waals surface area contributed by atoms with Crippen molar-refractivity contribution in [2.75, 3.05) is 18.6 Å². The van der Waals surface area contributed by atoms with Crippen LogP contribution >= 0.6 is 11.8 Å². The molecule has 1 aliphatic rings. The summed E-state index contributed by atoms with van der Waals surface area (Å²) < 4.78 is 1.97. The van der Waals surface area contributed by atoms with Crippen LogP contribution in [0.4, 0.5) is 4.79 Å². The summed E-state index contributed by atoms with van der Waals surface area (Å²) in [5.74, 6) is 2.19. The maximum Gasteiger partial charge on any atom is 0.317 e. The fraction of sp³-hybridized carbons (Fsp3) is 0.750. The second kappa shape index (κ2) is 6.52. The van der Waals surface area contributed by atoms with Crippen molar-refractivity contribution in [1.29, 1.82) is 0 Å². The van der Waals surface area contributed by atoms with Crippen LogP contribution in [0.3, 0.4) is 0 Å². The second-order valence-electron chi connectivity index (χ2n) is 7.08. The molecule has 22 heavy (non-hydrogen) atoms. The van der Waals surface area contributed by atoms with Crippen molar-refractivity contribution in [2.24, 2.45) is 0 Å². The first-order chi connectivity index (χ1) is 10.2. The minimum absolute atomic E-state index is 0.00269. The average molecular weight is 324 g/mol. The average Bonchev–Trinajstić information content (AvgIpc) is 3.05. The molecule has 5 nitrogen and oxygen atoms in total. The molecule has 1 aromatic rings. The molecule has 124 valence electrons. The summed E-state index contributed by atoms with van der Waals surface area (Å²) in [7, 11) is 1.89. The monoisotopic (exact) mass is 324 g/mol. The third-order valence-corrected chi connectivity index (χ3v) is 5.35. The standard InChI is InChI=1S/C16H28N4OS/c1-11(14-9-20(16(3,4)5)18-12(14)2)17-15(21)19(6)13-7-8-22-10-13/h9,11,13H,7-8,10H2,1-6H3,(H,17,21)/t11-,13+/m0/s1. The lowest BCUT2D eigenvalue weighted by Crippen LogP contribution is -2.44. The predicted octanol–water partition coefficient (Wildman–Crippen LogP) is 3.15. The van der Waals surface area contributed by atoms with Crippen molar-refractivity contribution in [2.45, 2.75) is 58.7 Å². The maximum atomic E-state index is 12.4. The molecule has 0 aromatic carbocycles. The van der Waals surface area contributed by atoms with Crippen molar-refractivity contribution in [1.82, 2.24) is 20.0 Å².